The largest absolute Gasteiger partial charge is 0.456 e. The molecule has 0 amide bonds. The number of rotatable bonds is 1. The predicted octanol–water partition coefficient (Wildman–Crippen LogP) is 1.01. The van der Waals surface area contributed by atoms with Crippen molar-refractivity contribution < 1.29 is 9.53 Å². The Labute approximate surface area is 88.7 Å². The van der Waals surface area contributed by atoms with Gasteiger partial charge in [-0.25, -0.2) is 14.8 Å². The standard InChI is InChI=1S/C11H12N2O2/c1-4-15-11(14)6-5-10-8(2)9(3)12-7-13-10/h7H,4H2,1-3H3. The van der Waals surface area contributed by atoms with Gasteiger partial charge in [0.05, 0.1) is 6.61 Å². The maximum Gasteiger partial charge on any atom is 0.384 e. The van der Waals surface area contributed by atoms with Crippen molar-refractivity contribution in [1.29, 1.82) is 0 Å². The third-order valence-electron chi connectivity index (χ3n) is 1.89. The summed E-state index contributed by atoms with van der Waals surface area (Å²) in [6, 6.07) is 0. The first kappa shape index (κ1) is 11.2. The zero-order chi connectivity index (χ0) is 11.3. The second-order valence-corrected chi connectivity index (χ2v) is 2.90. The minimum absolute atomic E-state index is 0.329. The van der Waals surface area contributed by atoms with E-state index in [0.717, 1.165) is 11.3 Å². The Balaban J connectivity index is 2.89. The smallest absolute Gasteiger partial charge is 0.384 e. The van der Waals surface area contributed by atoms with Crippen LogP contribution in [0.3, 0.4) is 0 Å². The Morgan fingerprint density at radius 3 is 2.87 bits per heavy atom. The average molecular weight is 204 g/mol. The summed E-state index contributed by atoms with van der Waals surface area (Å²) in [7, 11) is 0. The second-order valence-electron chi connectivity index (χ2n) is 2.90. The van der Waals surface area contributed by atoms with E-state index in [1.54, 1.807) is 6.92 Å². The first-order valence-corrected chi connectivity index (χ1v) is 4.62. The summed E-state index contributed by atoms with van der Waals surface area (Å²) in [6.45, 7) is 5.80. The van der Waals surface area contributed by atoms with Crippen molar-refractivity contribution in [3.05, 3.63) is 23.3 Å². The summed E-state index contributed by atoms with van der Waals surface area (Å²) in [6.07, 6.45) is 1.43. The van der Waals surface area contributed by atoms with Gasteiger partial charge in [0.25, 0.3) is 0 Å². The predicted molar refractivity (Wildman–Crippen MR) is 55.0 cm³/mol. The van der Waals surface area contributed by atoms with Crippen molar-refractivity contribution >= 4 is 5.97 Å². The summed E-state index contributed by atoms with van der Waals surface area (Å²) in [5, 5.41) is 0. The molecule has 1 aromatic heterocycles. The molecule has 15 heavy (non-hydrogen) atoms. The fourth-order valence-corrected chi connectivity index (χ4v) is 0.942. The van der Waals surface area contributed by atoms with Crippen LogP contribution in [0, 0.1) is 25.7 Å². The fraction of sp³-hybridized carbons (Fsp3) is 0.364. The van der Waals surface area contributed by atoms with Crippen molar-refractivity contribution in [3.63, 3.8) is 0 Å². The lowest BCUT2D eigenvalue weighted by atomic mass is 10.2. The third-order valence-corrected chi connectivity index (χ3v) is 1.89. The number of esters is 1. The molecule has 0 spiro atoms. The number of aryl methyl sites for hydroxylation is 1. The van der Waals surface area contributed by atoms with Crippen molar-refractivity contribution in [2.24, 2.45) is 0 Å². The molecule has 0 aromatic carbocycles. The summed E-state index contributed by atoms with van der Waals surface area (Å²) in [4.78, 5) is 19.0. The van der Waals surface area contributed by atoms with Gasteiger partial charge in [0.2, 0.25) is 0 Å². The van der Waals surface area contributed by atoms with Gasteiger partial charge in [0.1, 0.15) is 12.0 Å². The van der Waals surface area contributed by atoms with E-state index in [1.165, 1.54) is 6.33 Å². The van der Waals surface area contributed by atoms with Crippen molar-refractivity contribution in [3.8, 4) is 11.8 Å². The van der Waals surface area contributed by atoms with Crippen LogP contribution in [-0.2, 0) is 9.53 Å². The number of ether oxygens (including phenoxy) is 1. The highest BCUT2D eigenvalue weighted by molar-refractivity contribution is 5.89. The summed E-state index contributed by atoms with van der Waals surface area (Å²) in [5.74, 6) is 4.50. The first-order valence-electron chi connectivity index (χ1n) is 4.62. The van der Waals surface area contributed by atoms with Gasteiger partial charge in [0.15, 0.2) is 0 Å². The molecule has 4 heteroatoms. The van der Waals surface area contributed by atoms with Crippen LogP contribution >= 0.6 is 0 Å². The number of aromatic nitrogens is 2. The number of hydrogen-bond donors (Lipinski definition) is 0. The molecule has 0 bridgehead atoms. The Bertz CT molecular complexity index is 430. The van der Waals surface area contributed by atoms with Gasteiger partial charge in [-0.05, 0) is 26.7 Å². The van der Waals surface area contributed by atoms with E-state index in [4.69, 9.17) is 0 Å². The molecule has 0 atom stereocenters. The van der Waals surface area contributed by atoms with E-state index < -0.39 is 5.97 Å². The van der Waals surface area contributed by atoms with Crippen LogP contribution in [-0.4, -0.2) is 22.5 Å². The van der Waals surface area contributed by atoms with E-state index in [2.05, 4.69) is 26.5 Å². The SMILES string of the molecule is CCOC(=O)C#Cc1ncnc(C)c1C. The topological polar surface area (TPSA) is 52.1 Å². The molecule has 0 fully saturated rings. The van der Waals surface area contributed by atoms with Crippen LogP contribution in [0.4, 0.5) is 0 Å². The number of carbonyl (C=O) groups excluding carboxylic acids is 1. The Morgan fingerprint density at radius 1 is 1.47 bits per heavy atom. The molecule has 0 saturated carbocycles. The minimum atomic E-state index is -0.534. The lowest BCUT2D eigenvalue weighted by molar-refractivity contribution is -0.136. The molecule has 0 radical (unpaired) electrons. The molecule has 0 saturated heterocycles. The summed E-state index contributed by atoms with van der Waals surface area (Å²) >= 11 is 0. The van der Waals surface area contributed by atoms with E-state index in [1.807, 2.05) is 13.8 Å². The normalized spacial score (nSPS) is 9.00. The Morgan fingerprint density at radius 2 is 2.20 bits per heavy atom. The highest BCUT2D eigenvalue weighted by atomic mass is 16.5. The van der Waals surface area contributed by atoms with Gasteiger partial charge in [-0.3, -0.25) is 0 Å². The van der Waals surface area contributed by atoms with Gasteiger partial charge >= 0.3 is 5.97 Å². The van der Waals surface area contributed by atoms with Gasteiger partial charge < -0.3 is 4.74 Å². The molecule has 0 N–H and O–H groups in total. The molecular formula is C11H12N2O2. The molecule has 0 aliphatic rings. The highest BCUT2D eigenvalue weighted by Crippen LogP contribution is 2.04. The van der Waals surface area contributed by atoms with Crippen LogP contribution < -0.4 is 0 Å². The summed E-state index contributed by atoms with van der Waals surface area (Å²) in [5.41, 5.74) is 2.31. The third kappa shape index (κ3) is 3.06. The van der Waals surface area contributed by atoms with E-state index in [0.29, 0.717) is 12.3 Å². The lowest BCUT2D eigenvalue weighted by Gasteiger charge is -1.98. The van der Waals surface area contributed by atoms with Crippen LogP contribution in [0.15, 0.2) is 6.33 Å². The summed E-state index contributed by atoms with van der Waals surface area (Å²) < 4.78 is 4.68. The van der Waals surface area contributed by atoms with Crippen LogP contribution in [0.25, 0.3) is 0 Å². The molecule has 1 rings (SSSR count). The molecule has 1 aromatic rings. The van der Waals surface area contributed by atoms with Gasteiger partial charge in [-0.15, -0.1) is 0 Å². The van der Waals surface area contributed by atoms with Gasteiger partial charge in [-0.2, -0.15) is 0 Å². The number of carbonyl (C=O) groups is 1. The van der Waals surface area contributed by atoms with E-state index in [9.17, 15) is 4.79 Å². The van der Waals surface area contributed by atoms with Gasteiger partial charge in [-0.1, -0.05) is 0 Å². The zero-order valence-corrected chi connectivity index (χ0v) is 9.00. The zero-order valence-electron chi connectivity index (χ0n) is 9.00. The highest BCUT2D eigenvalue weighted by Gasteiger charge is 2.00. The first-order chi connectivity index (χ1) is 7.15. The van der Waals surface area contributed by atoms with E-state index in [-0.39, 0.29) is 0 Å². The minimum Gasteiger partial charge on any atom is -0.456 e. The van der Waals surface area contributed by atoms with E-state index >= 15 is 0 Å². The molecule has 0 aliphatic carbocycles. The lowest BCUT2D eigenvalue weighted by Crippen LogP contribution is -2.00. The van der Waals surface area contributed by atoms with Crippen molar-refractivity contribution in [2.45, 2.75) is 20.8 Å². The fourth-order valence-electron chi connectivity index (χ4n) is 0.942. The molecule has 0 unspecified atom stereocenters. The monoisotopic (exact) mass is 204 g/mol. The quantitative estimate of drug-likeness (QED) is 0.506. The molecule has 4 nitrogen and oxygen atoms in total. The molecule has 1 heterocycles. The van der Waals surface area contributed by atoms with Crippen LogP contribution in [0.2, 0.25) is 0 Å². The van der Waals surface area contributed by atoms with Crippen molar-refractivity contribution in [1.82, 2.24) is 9.97 Å². The second kappa shape index (κ2) is 5.11. The van der Waals surface area contributed by atoms with Crippen LogP contribution in [0.5, 0.6) is 0 Å². The maximum atomic E-state index is 11.0. The van der Waals surface area contributed by atoms with Gasteiger partial charge in [0, 0.05) is 17.2 Å². The molecule has 0 aliphatic heterocycles. The number of hydrogen-bond acceptors (Lipinski definition) is 4. The Kier molecular flexibility index (Phi) is 3.81. The Hall–Kier alpha value is -1.89. The average Bonchev–Trinajstić information content (AvgIpc) is 2.21. The molecule has 78 valence electrons. The number of nitrogens with zero attached hydrogens (tertiary/aromatic N) is 2. The van der Waals surface area contributed by atoms with Crippen molar-refractivity contribution in [2.75, 3.05) is 6.61 Å². The maximum absolute atomic E-state index is 11.0. The molecular weight excluding hydrogens is 192 g/mol. The van der Waals surface area contributed by atoms with Crippen LogP contribution in [0.1, 0.15) is 23.9 Å².